The Bertz CT molecular complexity index is 1090. The molecule has 0 fully saturated rings. The quantitative estimate of drug-likeness (QED) is 0.338. The van der Waals surface area contributed by atoms with Crippen molar-refractivity contribution in [2.75, 3.05) is 11.9 Å². The van der Waals surface area contributed by atoms with Crippen LogP contribution in [-0.2, 0) is 11.2 Å². The fourth-order valence-electron chi connectivity index (χ4n) is 2.69. The highest BCUT2D eigenvalue weighted by Crippen LogP contribution is 2.22. The molecule has 0 unspecified atom stereocenters. The molecule has 0 aliphatic carbocycles. The molecule has 1 aromatic heterocycles. The Kier molecular flexibility index (Phi) is 6.46. The van der Waals surface area contributed by atoms with Gasteiger partial charge in [0.05, 0.1) is 0 Å². The van der Waals surface area contributed by atoms with Crippen LogP contribution in [-0.4, -0.2) is 17.6 Å². The number of fused-ring (bicyclic) bond motifs is 1. The van der Waals surface area contributed by atoms with Crippen LogP contribution in [0, 0.1) is 6.92 Å². The molecular weight excluding hydrogens is 390 g/mol. The van der Waals surface area contributed by atoms with Gasteiger partial charge in [0.15, 0.2) is 11.7 Å². The number of carbonyl (C=O) groups is 1. The molecule has 3 rings (SSSR count). The third-order valence-corrected chi connectivity index (χ3v) is 4.43. The van der Waals surface area contributed by atoms with Crippen molar-refractivity contribution >= 4 is 39.9 Å². The number of anilines is 1. The van der Waals surface area contributed by atoms with Crippen molar-refractivity contribution in [2.45, 2.75) is 20.3 Å². The maximum atomic E-state index is 12.0. The van der Waals surface area contributed by atoms with Gasteiger partial charge in [-0.3, -0.25) is 15.6 Å². The third kappa shape index (κ3) is 5.55. The minimum Gasteiger partial charge on any atom is -0.484 e. The Balaban J connectivity index is 1.48. The number of thiocarbonyl (C=S) groups is 1. The fraction of sp³-hybridized carbons (Fsp3) is 0.190. The molecule has 0 saturated carbocycles. The van der Waals surface area contributed by atoms with Gasteiger partial charge in [-0.15, -0.1) is 0 Å². The van der Waals surface area contributed by atoms with E-state index in [4.69, 9.17) is 21.4 Å². The molecule has 150 valence electrons. The van der Waals surface area contributed by atoms with Crippen LogP contribution in [0.1, 0.15) is 18.1 Å². The van der Waals surface area contributed by atoms with E-state index < -0.39 is 11.5 Å². The molecule has 0 spiro atoms. The molecule has 0 aliphatic heterocycles. The lowest BCUT2D eigenvalue weighted by Gasteiger charge is -2.12. The van der Waals surface area contributed by atoms with Gasteiger partial charge < -0.3 is 14.5 Å². The monoisotopic (exact) mass is 411 g/mol. The highest BCUT2D eigenvalue weighted by molar-refractivity contribution is 7.80. The molecule has 0 atom stereocenters. The molecule has 7 nitrogen and oxygen atoms in total. The number of nitrogens with one attached hydrogen (secondary N) is 3. The van der Waals surface area contributed by atoms with Gasteiger partial charge in [-0.05, 0) is 61.0 Å². The maximum Gasteiger partial charge on any atom is 0.336 e. The lowest BCUT2D eigenvalue weighted by molar-refractivity contribution is -0.123. The number of aryl methyl sites for hydroxylation is 2. The van der Waals surface area contributed by atoms with Crippen molar-refractivity contribution in [2.24, 2.45) is 0 Å². The zero-order chi connectivity index (χ0) is 20.8. The van der Waals surface area contributed by atoms with Crippen LogP contribution in [0.4, 0.5) is 5.69 Å². The molecule has 1 heterocycles. The SMILES string of the molecule is CCc1ccc(NC(=S)NNC(=O)COc2ccc3c(C)cc(=O)oc3c2)cc1. The first-order chi connectivity index (χ1) is 13.9. The van der Waals surface area contributed by atoms with Crippen LogP contribution in [0.3, 0.4) is 0 Å². The molecule has 0 radical (unpaired) electrons. The van der Waals surface area contributed by atoms with Crippen LogP contribution >= 0.6 is 12.2 Å². The topological polar surface area (TPSA) is 92.6 Å². The van der Waals surface area contributed by atoms with E-state index in [2.05, 4.69) is 23.1 Å². The lowest BCUT2D eigenvalue weighted by Crippen LogP contribution is -2.45. The number of carbonyl (C=O) groups excluding carboxylic acids is 1. The first kappa shape index (κ1) is 20.3. The first-order valence-corrected chi connectivity index (χ1v) is 9.47. The van der Waals surface area contributed by atoms with Crippen LogP contribution in [0.5, 0.6) is 5.75 Å². The summed E-state index contributed by atoms with van der Waals surface area (Å²) in [6.07, 6.45) is 0.960. The Hall–Kier alpha value is -3.39. The summed E-state index contributed by atoms with van der Waals surface area (Å²) in [5.41, 5.74) is 7.92. The van der Waals surface area contributed by atoms with Gasteiger partial charge >= 0.3 is 5.63 Å². The average molecular weight is 411 g/mol. The molecule has 8 heteroatoms. The van der Waals surface area contributed by atoms with E-state index in [1.165, 1.54) is 11.6 Å². The number of benzene rings is 2. The highest BCUT2D eigenvalue weighted by atomic mass is 32.1. The summed E-state index contributed by atoms with van der Waals surface area (Å²) in [5, 5.41) is 4.04. The van der Waals surface area contributed by atoms with E-state index in [-0.39, 0.29) is 11.7 Å². The van der Waals surface area contributed by atoms with Crippen LogP contribution in [0.2, 0.25) is 0 Å². The van der Waals surface area contributed by atoms with Gasteiger partial charge in [0.2, 0.25) is 0 Å². The standard InChI is InChI=1S/C21H21N3O4S/c1-3-14-4-6-15(7-5-14)22-21(29)24-23-19(25)12-27-16-8-9-17-13(2)10-20(26)28-18(17)11-16/h4-11H,3,12H2,1-2H3,(H,23,25)(H2,22,24,29). The second-order valence-corrected chi connectivity index (χ2v) is 6.78. The van der Waals surface area contributed by atoms with Crippen molar-refractivity contribution in [3.63, 3.8) is 0 Å². The second kappa shape index (κ2) is 9.20. The van der Waals surface area contributed by atoms with E-state index in [0.717, 1.165) is 23.1 Å². The Morgan fingerprint density at radius 2 is 1.86 bits per heavy atom. The summed E-state index contributed by atoms with van der Waals surface area (Å²) in [5.74, 6) is -0.000566. The Morgan fingerprint density at radius 3 is 2.59 bits per heavy atom. The van der Waals surface area contributed by atoms with Crippen LogP contribution < -0.4 is 26.5 Å². The summed E-state index contributed by atoms with van der Waals surface area (Å²) in [4.78, 5) is 23.5. The van der Waals surface area contributed by atoms with Crippen LogP contribution in [0.15, 0.2) is 57.7 Å². The van der Waals surface area contributed by atoms with Gasteiger partial charge in [0.1, 0.15) is 11.3 Å². The predicted octanol–water partition coefficient (Wildman–Crippen LogP) is 3.06. The smallest absolute Gasteiger partial charge is 0.336 e. The number of hydrogen-bond donors (Lipinski definition) is 3. The summed E-state index contributed by atoms with van der Waals surface area (Å²) >= 11 is 5.15. The molecule has 0 saturated heterocycles. The number of hydrazine groups is 1. The lowest BCUT2D eigenvalue weighted by atomic mass is 10.1. The van der Waals surface area contributed by atoms with Gasteiger partial charge in [0, 0.05) is 23.2 Å². The third-order valence-electron chi connectivity index (χ3n) is 4.23. The molecule has 0 bridgehead atoms. The van der Waals surface area contributed by atoms with E-state index >= 15 is 0 Å². The molecule has 3 N–H and O–H groups in total. The number of rotatable bonds is 5. The summed E-state index contributed by atoms with van der Waals surface area (Å²) < 4.78 is 10.6. The molecule has 29 heavy (non-hydrogen) atoms. The number of hydrogen-bond acceptors (Lipinski definition) is 5. The van der Waals surface area contributed by atoms with Gasteiger partial charge in [-0.25, -0.2) is 4.79 Å². The van der Waals surface area contributed by atoms with E-state index in [1.807, 2.05) is 31.2 Å². The normalized spacial score (nSPS) is 10.4. The van der Waals surface area contributed by atoms with Crippen molar-refractivity contribution in [3.8, 4) is 5.75 Å². The van der Waals surface area contributed by atoms with Gasteiger partial charge in [-0.1, -0.05) is 19.1 Å². The average Bonchev–Trinajstić information content (AvgIpc) is 2.71. The Labute approximate surface area is 173 Å². The zero-order valence-corrected chi connectivity index (χ0v) is 16.9. The van der Waals surface area contributed by atoms with Crippen LogP contribution in [0.25, 0.3) is 11.0 Å². The molecule has 1 amide bonds. The summed E-state index contributed by atoms with van der Waals surface area (Å²) in [7, 11) is 0. The number of amides is 1. The fourth-order valence-corrected chi connectivity index (χ4v) is 2.86. The van der Waals surface area contributed by atoms with Gasteiger partial charge in [0.25, 0.3) is 5.91 Å². The largest absolute Gasteiger partial charge is 0.484 e. The second-order valence-electron chi connectivity index (χ2n) is 6.37. The molecule has 3 aromatic rings. The van der Waals surface area contributed by atoms with Crippen molar-refractivity contribution < 1.29 is 13.9 Å². The van der Waals surface area contributed by atoms with Crippen molar-refractivity contribution in [3.05, 3.63) is 70.1 Å². The van der Waals surface area contributed by atoms with Crippen molar-refractivity contribution in [1.82, 2.24) is 10.9 Å². The minimum absolute atomic E-state index is 0.234. The highest BCUT2D eigenvalue weighted by Gasteiger charge is 2.07. The van der Waals surface area contributed by atoms with E-state index in [1.54, 1.807) is 18.2 Å². The summed E-state index contributed by atoms with van der Waals surface area (Å²) in [6, 6.07) is 14.3. The first-order valence-electron chi connectivity index (χ1n) is 9.06. The minimum atomic E-state index is -0.431. The van der Waals surface area contributed by atoms with Gasteiger partial charge in [-0.2, -0.15) is 0 Å². The predicted molar refractivity (Wildman–Crippen MR) is 116 cm³/mol. The Morgan fingerprint density at radius 1 is 1.10 bits per heavy atom. The molecule has 0 aliphatic rings. The zero-order valence-electron chi connectivity index (χ0n) is 16.1. The number of ether oxygens (including phenoxy) is 1. The van der Waals surface area contributed by atoms with E-state index in [0.29, 0.717) is 11.3 Å². The van der Waals surface area contributed by atoms with Crippen molar-refractivity contribution in [1.29, 1.82) is 0 Å². The molecule has 2 aromatic carbocycles. The summed E-state index contributed by atoms with van der Waals surface area (Å²) in [6.45, 7) is 3.68. The molecular formula is C21H21N3O4S. The maximum absolute atomic E-state index is 12.0. The van der Waals surface area contributed by atoms with E-state index in [9.17, 15) is 9.59 Å².